The van der Waals surface area contributed by atoms with Gasteiger partial charge in [0.05, 0.1) is 7.11 Å². The molecule has 0 heterocycles. The van der Waals surface area contributed by atoms with Gasteiger partial charge in [0.2, 0.25) is 5.78 Å². The highest BCUT2D eigenvalue weighted by atomic mass is 16.5. The normalized spacial score (nSPS) is 32.8. The van der Waals surface area contributed by atoms with E-state index in [4.69, 9.17) is 9.47 Å². The van der Waals surface area contributed by atoms with Crippen LogP contribution >= 0.6 is 0 Å². The number of ketones is 3. The van der Waals surface area contributed by atoms with Gasteiger partial charge >= 0.3 is 0 Å². The van der Waals surface area contributed by atoms with E-state index in [1.807, 2.05) is 19.1 Å². The number of aryl methyl sites for hydroxylation is 1. The van der Waals surface area contributed by atoms with Gasteiger partial charge in [0, 0.05) is 23.8 Å². The number of ether oxygens (including phenoxy) is 2. The first-order valence-corrected chi connectivity index (χ1v) is 12.8. The highest BCUT2D eigenvalue weighted by molar-refractivity contribution is 6.13. The van der Waals surface area contributed by atoms with Crippen molar-refractivity contribution >= 4 is 17.3 Å². The number of Topliss-reactive ketones (excluding diaryl/α,β-unsaturated/α-hetero) is 3. The number of allylic oxidation sites excluding steroid dienone is 4. The summed E-state index contributed by atoms with van der Waals surface area (Å²) in [6.45, 7) is 12.1. The number of carbonyl (C=O) groups excluding carboxylic acids is 3. The molecule has 0 aliphatic heterocycles. The Bertz CT molecular complexity index is 1200. The molecule has 0 radical (unpaired) electrons. The minimum atomic E-state index is -0.339. The molecule has 2 saturated carbocycles. The van der Waals surface area contributed by atoms with Gasteiger partial charge in [-0.1, -0.05) is 25.0 Å². The van der Waals surface area contributed by atoms with E-state index in [0.717, 1.165) is 24.2 Å². The van der Waals surface area contributed by atoms with Crippen LogP contribution in [0.25, 0.3) is 0 Å². The van der Waals surface area contributed by atoms with Crippen molar-refractivity contribution in [3.05, 3.63) is 46.2 Å². The van der Waals surface area contributed by atoms with Crippen molar-refractivity contribution in [1.29, 1.82) is 0 Å². The third kappa shape index (κ3) is 3.53. The van der Waals surface area contributed by atoms with Crippen LogP contribution in [0, 0.1) is 47.8 Å². The highest BCUT2D eigenvalue weighted by Gasteiger charge is 2.66. The fraction of sp³-hybridized carbons (Fsp3) is 0.567. The average molecular weight is 477 g/mol. The maximum absolute atomic E-state index is 13.9. The third-order valence-electron chi connectivity index (χ3n) is 9.49. The first-order valence-electron chi connectivity index (χ1n) is 12.8. The van der Waals surface area contributed by atoms with E-state index in [1.54, 1.807) is 27.0 Å². The minimum absolute atomic E-state index is 0.0307. The fourth-order valence-electron chi connectivity index (χ4n) is 7.62. The zero-order valence-corrected chi connectivity index (χ0v) is 21.9. The van der Waals surface area contributed by atoms with Crippen molar-refractivity contribution < 1.29 is 23.9 Å². The number of methoxy groups -OCH3 is 1. The molecule has 35 heavy (non-hydrogen) atoms. The zero-order chi connectivity index (χ0) is 25.4. The van der Waals surface area contributed by atoms with E-state index >= 15 is 0 Å². The molecule has 5 heteroatoms. The molecule has 0 aromatic heterocycles. The number of hydrogen-bond acceptors (Lipinski definition) is 5. The Kier molecular flexibility index (Phi) is 5.61. The van der Waals surface area contributed by atoms with Gasteiger partial charge in [-0.25, -0.2) is 0 Å². The maximum atomic E-state index is 13.9. The standard InChI is InChI=1S/C30H36O5/c1-14-12-18(9-11-22(14)34-7)35-29-17(4)27(32)24-19-13-20(25(24)28(29)33)23(16(19)3)26-21(30(26,5)6)10-8-15(2)31/h9,11-12,19-21,24-26H,8,10,13H2,1-7H3/t19-,20+,21-,24+,25-,26-/m0/s1. The molecular formula is C30H36O5. The second-order valence-corrected chi connectivity index (χ2v) is 11.7. The third-order valence-corrected chi connectivity index (χ3v) is 9.49. The molecule has 5 nitrogen and oxygen atoms in total. The monoisotopic (exact) mass is 476 g/mol. The first-order chi connectivity index (χ1) is 16.5. The summed E-state index contributed by atoms with van der Waals surface area (Å²) in [6, 6.07) is 5.43. The van der Waals surface area contributed by atoms with Crippen molar-refractivity contribution in [1.82, 2.24) is 0 Å². The van der Waals surface area contributed by atoms with Crippen LogP contribution in [0.4, 0.5) is 0 Å². The molecule has 2 bridgehead atoms. The predicted octanol–water partition coefficient (Wildman–Crippen LogP) is 5.65. The molecule has 4 aliphatic carbocycles. The molecule has 0 saturated heterocycles. The fourth-order valence-corrected chi connectivity index (χ4v) is 7.62. The molecule has 1 aromatic carbocycles. The van der Waals surface area contributed by atoms with Gasteiger partial charge in [0.1, 0.15) is 17.3 Å². The van der Waals surface area contributed by atoms with Gasteiger partial charge < -0.3 is 14.3 Å². The number of fused-ring (bicyclic) bond motifs is 5. The minimum Gasteiger partial charge on any atom is -0.496 e. The van der Waals surface area contributed by atoms with Crippen LogP contribution in [0.3, 0.4) is 0 Å². The smallest absolute Gasteiger partial charge is 0.202 e. The molecule has 2 fully saturated rings. The molecule has 1 aromatic rings. The number of carbonyl (C=O) groups is 3. The van der Waals surface area contributed by atoms with Crippen LogP contribution in [0.15, 0.2) is 40.7 Å². The SMILES string of the molecule is COc1ccc(OC2=C(C)C(=O)[C@H]3[C@@H](C2=O)[C@@H]2C[C@H]3C(C)=C2[C@@H]2[C@H](CCC(C)=O)C2(C)C)cc1C. The Morgan fingerprint density at radius 1 is 1.06 bits per heavy atom. The summed E-state index contributed by atoms with van der Waals surface area (Å²) in [7, 11) is 1.62. The van der Waals surface area contributed by atoms with Crippen molar-refractivity contribution in [3.63, 3.8) is 0 Å². The largest absolute Gasteiger partial charge is 0.496 e. The second kappa shape index (κ2) is 8.18. The van der Waals surface area contributed by atoms with E-state index in [2.05, 4.69) is 20.8 Å². The lowest BCUT2D eigenvalue weighted by molar-refractivity contribution is -0.133. The Labute approximate surface area is 207 Å². The summed E-state index contributed by atoms with van der Waals surface area (Å²) in [5, 5.41) is 0. The lowest BCUT2D eigenvalue weighted by Crippen LogP contribution is -2.43. The number of rotatable bonds is 7. The van der Waals surface area contributed by atoms with Gasteiger partial charge in [0.15, 0.2) is 11.5 Å². The Morgan fingerprint density at radius 3 is 2.37 bits per heavy atom. The zero-order valence-electron chi connectivity index (χ0n) is 21.9. The lowest BCUT2D eigenvalue weighted by Gasteiger charge is -2.36. The molecule has 5 rings (SSSR count). The summed E-state index contributed by atoms with van der Waals surface area (Å²) >= 11 is 0. The maximum Gasteiger partial charge on any atom is 0.202 e. The van der Waals surface area contributed by atoms with Crippen LogP contribution in [-0.4, -0.2) is 24.5 Å². The molecule has 6 atom stereocenters. The average Bonchev–Trinajstić information content (AvgIpc) is 3.07. The van der Waals surface area contributed by atoms with E-state index in [1.165, 1.54) is 11.1 Å². The quantitative estimate of drug-likeness (QED) is 0.476. The van der Waals surface area contributed by atoms with Crippen molar-refractivity contribution in [2.45, 2.75) is 60.8 Å². The predicted molar refractivity (Wildman–Crippen MR) is 133 cm³/mol. The van der Waals surface area contributed by atoms with E-state index in [9.17, 15) is 14.4 Å². The summed E-state index contributed by atoms with van der Waals surface area (Å²) in [5.74, 6) is 2.23. The molecule has 0 N–H and O–H groups in total. The van der Waals surface area contributed by atoms with Crippen LogP contribution in [-0.2, 0) is 14.4 Å². The van der Waals surface area contributed by atoms with E-state index < -0.39 is 0 Å². The van der Waals surface area contributed by atoms with Crippen LogP contribution in [0.5, 0.6) is 11.5 Å². The van der Waals surface area contributed by atoms with Crippen LogP contribution < -0.4 is 9.47 Å². The Hall–Kier alpha value is -2.69. The van der Waals surface area contributed by atoms with Gasteiger partial charge in [-0.3, -0.25) is 9.59 Å². The second-order valence-electron chi connectivity index (χ2n) is 11.7. The van der Waals surface area contributed by atoms with Gasteiger partial charge in [-0.05, 0) is 93.4 Å². The molecule has 0 spiro atoms. The molecular weight excluding hydrogens is 440 g/mol. The van der Waals surface area contributed by atoms with Gasteiger partial charge in [-0.15, -0.1) is 0 Å². The summed E-state index contributed by atoms with van der Waals surface area (Å²) < 4.78 is 11.4. The van der Waals surface area contributed by atoms with Crippen molar-refractivity contribution in [2.24, 2.45) is 40.9 Å². The van der Waals surface area contributed by atoms with E-state index in [0.29, 0.717) is 29.6 Å². The molecule has 0 unspecified atom stereocenters. The van der Waals surface area contributed by atoms with E-state index in [-0.39, 0.29) is 52.2 Å². The molecule has 186 valence electrons. The highest BCUT2D eigenvalue weighted by Crippen LogP contribution is 2.71. The summed E-state index contributed by atoms with van der Waals surface area (Å²) in [5.41, 5.74) is 4.19. The number of benzene rings is 1. The summed E-state index contributed by atoms with van der Waals surface area (Å²) in [6.07, 6.45) is 2.38. The van der Waals surface area contributed by atoms with Crippen molar-refractivity contribution in [3.8, 4) is 11.5 Å². The number of hydrogen-bond donors (Lipinski definition) is 0. The Morgan fingerprint density at radius 2 is 1.74 bits per heavy atom. The Balaban J connectivity index is 1.44. The van der Waals surface area contributed by atoms with Crippen LogP contribution in [0.1, 0.15) is 59.4 Å². The molecule has 4 aliphatic rings. The van der Waals surface area contributed by atoms with Crippen LogP contribution in [0.2, 0.25) is 0 Å². The van der Waals surface area contributed by atoms with Gasteiger partial charge in [0.25, 0.3) is 0 Å². The van der Waals surface area contributed by atoms with Gasteiger partial charge in [-0.2, -0.15) is 0 Å². The summed E-state index contributed by atoms with van der Waals surface area (Å²) in [4.78, 5) is 39.1. The molecule has 0 amide bonds. The lowest BCUT2D eigenvalue weighted by atomic mass is 9.66. The topological polar surface area (TPSA) is 69.7 Å². The first kappa shape index (κ1) is 24.0. The van der Waals surface area contributed by atoms with Crippen molar-refractivity contribution in [2.75, 3.05) is 7.11 Å².